The van der Waals surface area contributed by atoms with E-state index in [1.165, 1.54) is 0 Å². The Bertz CT molecular complexity index is 706. The quantitative estimate of drug-likeness (QED) is 0.820. The highest BCUT2D eigenvalue weighted by Gasteiger charge is 2.50. The van der Waals surface area contributed by atoms with Crippen molar-refractivity contribution in [3.63, 3.8) is 0 Å². The lowest BCUT2D eigenvalue weighted by atomic mass is 9.84. The van der Waals surface area contributed by atoms with Gasteiger partial charge in [0.15, 0.2) is 0 Å². The average molecular weight is 327 g/mol. The third-order valence-corrected chi connectivity index (χ3v) is 4.28. The van der Waals surface area contributed by atoms with E-state index in [0.717, 1.165) is 12.8 Å². The summed E-state index contributed by atoms with van der Waals surface area (Å²) in [6.07, 6.45) is 9.49. The van der Waals surface area contributed by atoms with Crippen LogP contribution in [0.1, 0.15) is 23.5 Å². The Balaban J connectivity index is 1.36. The third kappa shape index (κ3) is 2.92. The monoisotopic (exact) mass is 327 g/mol. The van der Waals surface area contributed by atoms with Crippen LogP contribution in [0.3, 0.4) is 0 Å². The Morgan fingerprint density at radius 3 is 2.79 bits per heavy atom. The van der Waals surface area contributed by atoms with Crippen LogP contribution >= 0.6 is 0 Å². The summed E-state index contributed by atoms with van der Waals surface area (Å²) in [4.78, 5) is 30.2. The molecule has 1 unspecified atom stereocenters. The summed E-state index contributed by atoms with van der Waals surface area (Å²) in [5, 5.41) is 0. The highest BCUT2D eigenvalue weighted by Crippen LogP contribution is 2.35. The fourth-order valence-corrected chi connectivity index (χ4v) is 3.16. The number of hydrogen-bond acceptors (Lipinski definition) is 7. The van der Waals surface area contributed by atoms with Crippen molar-refractivity contribution in [3.8, 4) is 5.88 Å². The molecule has 1 atom stereocenters. The van der Waals surface area contributed by atoms with E-state index in [4.69, 9.17) is 9.47 Å². The molecule has 0 radical (unpaired) electrons. The van der Waals surface area contributed by atoms with Crippen LogP contribution in [0.2, 0.25) is 0 Å². The van der Waals surface area contributed by atoms with E-state index >= 15 is 0 Å². The van der Waals surface area contributed by atoms with E-state index in [2.05, 4.69) is 19.9 Å². The van der Waals surface area contributed by atoms with Gasteiger partial charge in [0.25, 0.3) is 5.91 Å². The van der Waals surface area contributed by atoms with Gasteiger partial charge in [0.1, 0.15) is 11.7 Å². The van der Waals surface area contributed by atoms with Crippen LogP contribution in [-0.4, -0.2) is 62.1 Å². The predicted octanol–water partition coefficient (Wildman–Crippen LogP) is 0.719. The van der Waals surface area contributed by atoms with Crippen LogP contribution in [-0.2, 0) is 4.74 Å². The van der Waals surface area contributed by atoms with Gasteiger partial charge >= 0.3 is 0 Å². The molecule has 4 heterocycles. The number of nitrogens with zero attached hydrogens (tertiary/aromatic N) is 5. The molecule has 0 aromatic carbocycles. The molecule has 124 valence electrons. The summed E-state index contributed by atoms with van der Waals surface area (Å²) in [5.41, 5.74) is -0.338. The third-order valence-electron chi connectivity index (χ3n) is 4.28. The molecule has 1 spiro atoms. The topological polar surface area (TPSA) is 90.3 Å². The lowest BCUT2D eigenvalue weighted by Crippen LogP contribution is -2.67. The van der Waals surface area contributed by atoms with Crippen LogP contribution < -0.4 is 4.74 Å². The van der Waals surface area contributed by atoms with Crippen molar-refractivity contribution in [1.82, 2.24) is 24.8 Å². The number of carbonyl (C=O) groups is 1. The fraction of sp³-hybridized carbons (Fsp3) is 0.438. The largest absolute Gasteiger partial charge is 0.473 e. The highest BCUT2D eigenvalue weighted by molar-refractivity contribution is 5.91. The molecule has 24 heavy (non-hydrogen) atoms. The van der Waals surface area contributed by atoms with Gasteiger partial charge in [0, 0.05) is 37.6 Å². The maximum absolute atomic E-state index is 12.3. The van der Waals surface area contributed by atoms with Gasteiger partial charge in [-0.2, -0.15) is 0 Å². The lowest BCUT2D eigenvalue weighted by molar-refractivity contribution is -0.174. The molecule has 1 amide bonds. The van der Waals surface area contributed by atoms with Gasteiger partial charge in [-0.25, -0.2) is 15.0 Å². The van der Waals surface area contributed by atoms with Crippen LogP contribution in [0.5, 0.6) is 5.88 Å². The second kappa shape index (κ2) is 6.12. The second-order valence-corrected chi connectivity index (χ2v) is 6.04. The second-order valence-electron chi connectivity index (χ2n) is 6.04. The number of carbonyl (C=O) groups excluding carboxylic acids is 1. The number of amides is 1. The molecule has 4 rings (SSSR count). The van der Waals surface area contributed by atoms with E-state index in [1.807, 2.05) is 0 Å². The van der Waals surface area contributed by atoms with Gasteiger partial charge in [-0.15, -0.1) is 0 Å². The molecule has 2 saturated heterocycles. The summed E-state index contributed by atoms with van der Waals surface area (Å²) in [6, 6.07) is 1.69. The molecule has 0 aliphatic carbocycles. The van der Waals surface area contributed by atoms with E-state index in [0.29, 0.717) is 25.6 Å². The Morgan fingerprint density at radius 2 is 2.04 bits per heavy atom. The number of likely N-dealkylation sites (tertiary alicyclic amines) is 1. The Morgan fingerprint density at radius 1 is 1.21 bits per heavy atom. The molecular weight excluding hydrogens is 310 g/mol. The Hall–Kier alpha value is -2.61. The van der Waals surface area contributed by atoms with Crippen molar-refractivity contribution in [2.75, 3.05) is 19.7 Å². The van der Waals surface area contributed by atoms with Gasteiger partial charge < -0.3 is 14.4 Å². The van der Waals surface area contributed by atoms with Crippen molar-refractivity contribution in [2.24, 2.45) is 0 Å². The van der Waals surface area contributed by atoms with E-state index in [1.54, 1.807) is 42.0 Å². The maximum Gasteiger partial charge on any atom is 0.291 e. The molecule has 2 aliphatic heterocycles. The minimum atomic E-state index is -0.338. The summed E-state index contributed by atoms with van der Waals surface area (Å²) in [6.45, 7) is 1.67. The van der Waals surface area contributed by atoms with E-state index in [9.17, 15) is 4.79 Å². The number of rotatable bonds is 3. The van der Waals surface area contributed by atoms with Gasteiger partial charge in [-0.1, -0.05) is 0 Å². The van der Waals surface area contributed by atoms with Gasteiger partial charge in [0.05, 0.1) is 25.9 Å². The number of aromatic nitrogens is 4. The molecule has 2 aromatic heterocycles. The molecule has 2 aromatic rings. The Kier molecular flexibility index (Phi) is 3.81. The van der Waals surface area contributed by atoms with Crippen LogP contribution in [0.4, 0.5) is 0 Å². The lowest BCUT2D eigenvalue weighted by Gasteiger charge is -2.52. The minimum absolute atomic E-state index is 0.0145. The molecule has 8 heteroatoms. The van der Waals surface area contributed by atoms with Crippen molar-refractivity contribution < 1.29 is 14.3 Å². The van der Waals surface area contributed by atoms with E-state index < -0.39 is 0 Å². The first-order chi connectivity index (χ1) is 11.7. The van der Waals surface area contributed by atoms with Crippen LogP contribution in [0.15, 0.2) is 37.1 Å². The normalized spacial score (nSPS) is 22.0. The molecule has 0 bridgehead atoms. The fourth-order valence-electron chi connectivity index (χ4n) is 3.16. The first kappa shape index (κ1) is 14.9. The average Bonchev–Trinajstić information content (AvgIpc) is 2.61. The number of hydrogen-bond donors (Lipinski definition) is 0. The first-order valence-corrected chi connectivity index (χ1v) is 7.87. The number of ether oxygens (including phenoxy) is 2. The van der Waals surface area contributed by atoms with Crippen molar-refractivity contribution in [2.45, 2.75) is 24.5 Å². The van der Waals surface area contributed by atoms with E-state index in [-0.39, 0.29) is 23.4 Å². The van der Waals surface area contributed by atoms with Gasteiger partial charge in [-0.3, -0.25) is 9.78 Å². The molecular formula is C16H17N5O3. The molecule has 0 N–H and O–H groups in total. The molecule has 0 saturated carbocycles. The SMILES string of the molecule is O=C(c1ncccn1)N1CC2(CC(Oc3cnccn3)CCO2)C1. The van der Waals surface area contributed by atoms with Gasteiger partial charge in [0.2, 0.25) is 11.7 Å². The molecule has 2 fully saturated rings. The van der Waals surface area contributed by atoms with Crippen LogP contribution in [0.25, 0.3) is 0 Å². The Labute approximate surface area is 138 Å². The summed E-state index contributed by atoms with van der Waals surface area (Å²) in [5.74, 6) is 0.571. The summed E-state index contributed by atoms with van der Waals surface area (Å²) in [7, 11) is 0. The highest BCUT2D eigenvalue weighted by atomic mass is 16.5. The first-order valence-electron chi connectivity index (χ1n) is 7.87. The summed E-state index contributed by atoms with van der Waals surface area (Å²) < 4.78 is 11.8. The zero-order valence-corrected chi connectivity index (χ0v) is 13.0. The molecule has 2 aliphatic rings. The van der Waals surface area contributed by atoms with Crippen molar-refractivity contribution >= 4 is 5.91 Å². The predicted molar refractivity (Wildman–Crippen MR) is 82.3 cm³/mol. The molecule has 8 nitrogen and oxygen atoms in total. The smallest absolute Gasteiger partial charge is 0.291 e. The summed E-state index contributed by atoms with van der Waals surface area (Å²) >= 11 is 0. The van der Waals surface area contributed by atoms with Crippen LogP contribution in [0, 0.1) is 0 Å². The van der Waals surface area contributed by atoms with Crippen molar-refractivity contribution in [3.05, 3.63) is 42.9 Å². The maximum atomic E-state index is 12.3. The zero-order chi connectivity index (χ0) is 16.4. The van der Waals surface area contributed by atoms with Crippen molar-refractivity contribution in [1.29, 1.82) is 0 Å². The zero-order valence-electron chi connectivity index (χ0n) is 13.0. The van der Waals surface area contributed by atoms with Gasteiger partial charge in [-0.05, 0) is 6.07 Å². The minimum Gasteiger partial charge on any atom is -0.473 e. The standard InChI is InChI=1S/C16H17N5O3/c22-15(14-19-3-1-4-20-14)21-10-16(11-21)8-12(2-7-23-16)24-13-9-17-5-6-18-13/h1,3-6,9,12H,2,7-8,10-11H2.